The maximum Gasteiger partial charge on any atom is 0.257 e. The zero-order valence-corrected chi connectivity index (χ0v) is 10.3. The van der Waals surface area contributed by atoms with E-state index in [2.05, 4.69) is 21.0 Å². The van der Waals surface area contributed by atoms with Gasteiger partial charge in [-0.1, -0.05) is 15.9 Å². The van der Waals surface area contributed by atoms with Crippen LogP contribution in [-0.2, 0) is 7.05 Å². The van der Waals surface area contributed by atoms with Gasteiger partial charge in [-0.3, -0.25) is 9.48 Å². The first kappa shape index (κ1) is 13.1. The highest BCUT2D eigenvalue weighted by Gasteiger charge is 2.20. The number of aromatic nitrogens is 2. The van der Waals surface area contributed by atoms with Gasteiger partial charge in [0.25, 0.3) is 12.3 Å². The molecule has 0 atom stereocenters. The number of carbonyl (C=O) groups is 1. The van der Waals surface area contributed by atoms with E-state index in [4.69, 9.17) is 0 Å². The Hall–Kier alpha value is -0.980. The van der Waals surface area contributed by atoms with Crippen molar-refractivity contribution in [1.29, 1.82) is 0 Å². The van der Waals surface area contributed by atoms with Gasteiger partial charge in [0.1, 0.15) is 0 Å². The zero-order chi connectivity index (χ0) is 12.1. The molecule has 7 heteroatoms. The van der Waals surface area contributed by atoms with Gasteiger partial charge in [0.05, 0.1) is 18.3 Å². The normalized spacial score (nSPS) is 10.8. The van der Waals surface area contributed by atoms with Crippen LogP contribution in [0.2, 0.25) is 0 Å². The average molecular weight is 296 g/mol. The average Bonchev–Trinajstić information content (AvgIpc) is 2.62. The van der Waals surface area contributed by atoms with Gasteiger partial charge in [0, 0.05) is 25.1 Å². The SMILES string of the molecule is Cn1cc(C(=O)N(CCBr)CC(F)F)cn1. The number of nitrogens with zero attached hydrogens (tertiary/aromatic N) is 3. The van der Waals surface area contributed by atoms with E-state index in [-0.39, 0.29) is 6.54 Å². The molecule has 90 valence electrons. The molecule has 0 saturated carbocycles. The molecule has 16 heavy (non-hydrogen) atoms. The van der Waals surface area contributed by atoms with Crippen LogP contribution in [0.15, 0.2) is 12.4 Å². The minimum Gasteiger partial charge on any atom is -0.332 e. The van der Waals surface area contributed by atoms with Crippen molar-refractivity contribution in [3.8, 4) is 0 Å². The van der Waals surface area contributed by atoms with Gasteiger partial charge in [0.2, 0.25) is 0 Å². The molecular formula is C9H12BrF2N3O. The Balaban J connectivity index is 2.74. The second-order valence-corrected chi connectivity index (χ2v) is 4.03. The van der Waals surface area contributed by atoms with E-state index in [1.807, 2.05) is 0 Å². The molecule has 1 aromatic rings. The van der Waals surface area contributed by atoms with Crippen molar-refractivity contribution in [2.45, 2.75) is 6.43 Å². The van der Waals surface area contributed by atoms with Crippen LogP contribution in [0.25, 0.3) is 0 Å². The highest BCUT2D eigenvalue weighted by atomic mass is 79.9. The van der Waals surface area contributed by atoms with Crippen molar-refractivity contribution in [3.05, 3.63) is 18.0 Å². The highest BCUT2D eigenvalue weighted by molar-refractivity contribution is 9.09. The summed E-state index contributed by atoms with van der Waals surface area (Å²) in [6, 6.07) is 0. The number of hydrogen-bond donors (Lipinski definition) is 0. The summed E-state index contributed by atoms with van der Waals surface area (Å²) in [5.74, 6) is -0.423. The molecular weight excluding hydrogens is 284 g/mol. The lowest BCUT2D eigenvalue weighted by Crippen LogP contribution is -2.36. The van der Waals surface area contributed by atoms with Gasteiger partial charge in [0.15, 0.2) is 0 Å². The fourth-order valence-electron chi connectivity index (χ4n) is 1.26. The van der Waals surface area contributed by atoms with E-state index >= 15 is 0 Å². The van der Waals surface area contributed by atoms with E-state index in [9.17, 15) is 13.6 Å². The number of alkyl halides is 3. The second-order valence-electron chi connectivity index (χ2n) is 3.23. The first-order valence-corrected chi connectivity index (χ1v) is 5.78. The number of carbonyl (C=O) groups excluding carboxylic acids is 1. The van der Waals surface area contributed by atoms with E-state index in [0.717, 1.165) is 4.90 Å². The van der Waals surface area contributed by atoms with Gasteiger partial charge < -0.3 is 4.90 Å². The molecule has 1 rings (SSSR count). The molecule has 0 saturated heterocycles. The molecule has 0 aromatic carbocycles. The molecule has 0 aliphatic rings. The largest absolute Gasteiger partial charge is 0.332 e. The summed E-state index contributed by atoms with van der Waals surface area (Å²) in [5, 5.41) is 4.29. The topological polar surface area (TPSA) is 38.1 Å². The molecule has 0 spiro atoms. The van der Waals surface area contributed by atoms with Gasteiger partial charge in [-0.25, -0.2) is 8.78 Å². The van der Waals surface area contributed by atoms with Crippen molar-refractivity contribution < 1.29 is 13.6 Å². The lowest BCUT2D eigenvalue weighted by molar-refractivity contribution is 0.0572. The Morgan fingerprint density at radius 2 is 2.38 bits per heavy atom. The standard InChI is InChI=1S/C9H12BrF2N3O/c1-14-5-7(4-13-14)9(16)15(3-2-10)6-8(11)12/h4-5,8H,2-3,6H2,1H3. The number of rotatable bonds is 5. The van der Waals surface area contributed by atoms with Crippen molar-refractivity contribution in [3.63, 3.8) is 0 Å². The van der Waals surface area contributed by atoms with Crippen molar-refractivity contribution in [1.82, 2.24) is 14.7 Å². The van der Waals surface area contributed by atoms with Crippen LogP contribution in [0.4, 0.5) is 8.78 Å². The van der Waals surface area contributed by atoms with E-state index in [0.29, 0.717) is 10.9 Å². The van der Waals surface area contributed by atoms with Crippen LogP contribution >= 0.6 is 15.9 Å². The molecule has 0 aliphatic heterocycles. The summed E-state index contributed by atoms with van der Waals surface area (Å²) in [6.07, 6.45) is 0.351. The summed E-state index contributed by atoms with van der Waals surface area (Å²) < 4.78 is 26.0. The second kappa shape index (κ2) is 5.93. The fraction of sp³-hybridized carbons (Fsp3) is 0.556. The maximum atomic E-state index is 12.3. The first-order chi connectivity index (χ1) is 7.54. The predicted molar refractivity (Wildman–Crippen MR) is 58.9 cm³/mol. The Labute approximate surface area is 100 Å². The smallest absolute Gasteiger partial charge is 0.257 e. The number of halogens is 3. The molecule has 1 amide bonds. The molecule has 0 fully saturated rings. The van der Waals surface area contributed by atoms with Crippen LogP contribution in [0, 0.1) is 0 Å². The van der Waals surface area contributed by atoms with E-state index in [1.165, 1.54) is 17.1 Å². The summed E-state index contributed by atoms with van der Waals surface area (Å²) >= 11 is 3.13. The van der Waals surface area contributed by atoms with Crippen molar-refractivity contribution >= 4 is 21.8 Å². The molecule has 0 bridgehead atoms. The Kier molecular flexibility index (Phi) is 4.85. The monoisotopic (exact) mass is 295 g/mol. The van der Waals surface area contributed by atoms with Gasteiger partial charge >= 0.3 is 0 Å². The van der Waals surface area contributed by atoms with Gasteiger partial charge in [-0.2, -0.15) is 5.10 Å². The van der Waals surface area contributed by atoms with E-state index < -0.39 is 18.9 Å². The Morgan fingerprint density at radius 3 is 2.81 bits per heavy atom. The highest BCUT2D eigenvalue weighted by Crippen LogP contribution is 2.07. The number of aryl methyl sites for hydroxylation is 1. The molecule has 4 nitrogen and oxygen atoms in total. The molecule has 0 aliphatic carbocycles. The van der Waals surface area contributed by atoms with Crippen LogP contribution in [0.5, 0.6) is 0 Å². The Bertz CT molecular complexity index is 356. The quantitative estimate of drug-likeness (QED) is 0.773. The van der Waals surface area contributed by atoms with Crippen LogP contribution < -0.4 is 0 Å². The Morgan fingerprint density at radius 1 is 1.69 bits per heavy atom. The predicted octanol–water partition coefficient (Wildman–Crippen LogP) is 1.52. The van der Waals surface area contributed by atoms with Gasteiger partial charge in [-0.05, 0) is 0 Å². The van der Waals surface area contributed by atoms with Crippen molar-refractivity contribution in [2.24, 2.45) is 7.05 Å². The minimum atomic E-state index is -2.53. The summed E-state index contributed by atoms with van der Waals surface area (Å²) in [7, 11) is 1.67. The van der Waals surface area contributed by atoms with Crippen molar-refractivity contribution in [2.75, 3.05) is 18.4 Å². The lowest BCUT2D eigenvalue weighted by Gasteiger charge is -2.20. The summed E-state index contributed by atoms with van der Waals surface area (Å²) in [5.41, 5.74) is 0.323. The maximum absolute atomic E-state index is 12.3. The van der Waals surface area contributed by atoms with Crippen LogP contribution in [-0.4, -0.2) is 45.4 Å². The zero-order valence-electron chi connectivity index (χ0n) is 8.74. The number of hydrogen-bond acceptors (Lipinski definition) is 2. The van der Waals surface area contributed by atoms with Crippen LogP contribution in [0.3, 0.4) is 0 Å². The molecule has 0 radical (unpaired) electrons. The van der Waals surface area contributed by atoms with Crippen LogP contribution in [0.1, 0.15) is 10.4 Å². The fourth-order valence-corrected chi connectivity index (χ4v) is 1.69. The third kappa shape index (κ3) is 3.55. The molecule has 1 aromatic heterocycles. The molecule has 0 N–H and O–H groups in total. The van der Waals surface area contributed by atoms with E-state index in [1.54, 1.807) is 7.05 Å². The molecule has 0 unspecified atom stereocenters. The minimum absolute atomic E-state index is 0.248. The lowest BCUT2D eigenvalue weighted by atomic mass is 10.3. The number of amides is 1. The third-order valence-corrected chi connectivity index (χ3v) is 2.31. The summed E-state index contributed by atoms with van der Waals surface area (Å²) in [6.45, 7) is -0.308. The molecule has 1 heterocycles. The van der Waals surface area contributed by atoms with Gasteiger partial charge in [-0.15, -0.1) is 0 Å². The summed E-state index contributed by atoms with van der Waals surface area (Å²) in [4.78, 5) is 12.9. The first-order valence-electron chi connectivity index (χ1n) is 4.66. The third-order valence-electron chi connectivity index (χ3n) is 1.95.